The van der Waals surface area contributed by atoms with Gasteiger partial charge in [-0.1, -0.05) is 0 Å². The van der Waals surface area contributed by atoms with Crippen molar-refractivity contribution >= 4 is 11.8 Å². The summed E-state index contributed by atoms with van der Waals surface area (Å²) in [6.45, 7) is 0. The van der Waals surface area contributed by atoms with E-state index in [2.05, 4.69) is 15.8 Å². The van der Waals surface area contributed by atoms with Gasteiger partial charge in [-0.15, -0.1) is 0 Å². The molecule has 8 heteroatoms. The second kappa shape index (κ2) is 9.23. The zero-order valence-corrected chi connectivity index (χ0v) is 15.8. The van der Waals surface area contributed by atoms with E-state index in [0.29, 0.717) is 28.6 Å². The van der Waals surface area contributed by atoms with Gasteiger partial charge in [-0.05, 0) is 54.6 Å². The van der Waals surface area contributed by atoms with Crippen LogP contribution in [-0.2, 0) is 0 Å². The first-order valence-electron chi connectivity index (χ1n) is 8.61. The van der Waals surface area contributed by atoms with Gasteiger partial charge in [0, 0.05) is 18.0 Å². The summed E-state index contributed by atoms with van der Waals surface area (Å²) in [6, 6.07) is 14.7. The van der Waals surface area contributed by atoms with Gasteiger partial charge in [0.25, 0.3) is 11.8 Å². The number of ether oxygens (including phenoxy) is 3. The molecule has 0 aliphatic heterocycles. The number of nitrogens with zero attached hydrogens (tertiary/aromatic N) is 1. The summed E-state index contributed by atoms with van der Waals surface area (Å²) in [6.07, 6.45) is 3.24. The number of hydrogen-bond acceptors (Lipinski definition) is 6. The van der Waals surface area contributed by atoms with Gasteiger partial charge < -0.3 is 14.2 Å². The SMILES string of the molecule is COc1ccc(OC)c(C(=O)NNC(=O)c2ccc(Oc3ccncc3)cc2)c1. The third-order valence-corrected chi connectivity index (χ3v) is 3.94. The van der Waals surface area contributed by atoms with Crippen molar-refractivity contribution in [1.82, 2.24) is 15.8 Å². The van der Waals surface area contributed by atoms with Crippen LogP contribution in [0.1, 0.15) is 20.7 Å². The molecular formula is C21H19N3O5. The van der Waals surface area contributed by atoms with E-state index in [9.17, 15) is 9.59 Å². The highest BCUT2D eigenvalue weighted by Gasteiger charge is 2.15. The molecule has 0 atom stereocenters. The standard InChI is InChI=1S/C21H19N3O5/c1-27-17-7-8-19(28-2)18(13-17)21(26)24-23-20(25)14-3-5-15(6-4-14)29-16-9-11-22-12-10-16/h3-13H,1-2H3,(H,23,25)(H,24,26). The lowest BCUT2D eigenvalue weighted by molar-refractivity contribution is 0.0844. The van der Waals surface area contributed by atoms with E-state index in [4.69, 9.17) is 14.2 Å². The second-order valence-corrected chi connectivity index (χ2v) is 5.78. The lowest BCUT2D eigenvalue weighted by atomic mass is 10.2. The molecule has 1 heterocycles. The Balaban J connectivity index is 1.61. The number of benzene rings is 2. The molecule has 0 fully saturated rings. The Bertz CT molecular complexity index is 991. The lowest BCUT2D eigenvalue weighted by Crippen LogP contribution is -2.41. The predicted molar refractivity (Wildman–Crippen MR) is 105 cm³/mol. The summed E-state index contributed by atoms with van der Waals surface area (Å²) in [5.74, 6) is 1.04. The molecule has 0 radical (unpaired) electrons. The Morgan fingerprint density at radius 3 is 2.03 bits per heavy atom. The molecule has 29 heavy (non-hydrogen) atoms. The highest BCUT2D eigenvalue weighted by atomic mass is 16.5. The molecule has 2 amide bonds. The smallest absolute Gasteiger partial charge is 0.273 e. The summed E-state index contributed by atoms with van der Waals surface area (Å²) < 4.78 is 15.9. The van der Waals surface area contributed by atoms with Crippen LogP contribution in [0, 0.1) is 0 Å². The molecule has 0 spiro atoms. The first kappa shape index (κ1) is 19.7. The normalized spacial score (nSPS) is 10.0. The zero-order chi connectivity index (χ0) is 20.6. The number of rotatable bonds is 6. The Kier molecular flexibility index (Phi) is 6.26. The molecule has 0 saturated heterocycles. The minimum Gasteiger partial charge on any atom is -0.497 e. The topological polar surface area (TPSA) is 98.8 Å². The van der Waals surface area contributed by atoms with E-state index in [1.807, 2.05) is 0 Å². The lowest BCUT2D eigenvalue weighted by Gasteiger charge is -2.12. The minimum atomic E-state index is -0.535. The molecule has 8 nitrogen and oxygen atoms in total. The summed E-state index contributed by atoms with van der Waals surface area (Å²) in [5, 5.41) is 0. The third kappa shape index (κ3) is 5.01. The summed E-state index contributed by atoms with van der Waals surface area (Å²) in [7, 11) is 2.94. The number of carbonyl (C=O) groups is 2. The first-order chi connectivity index (χ1) is 14.1. The Morgan fingerprint density at radius 2 is 1.38 bits per heavy atom. The average Bonchev–Trinajstić information content (AvgIpc) is 2.78. The van der Waals surface area contributed by atoms with Crippen LogP contribution in [0.2, 0.25) is 0 Å². The molecule has 2 N–H and O–H groups in total. The molecule has 0 saturated carbocycles. The molecule has 2 aromatic carbocycles. The Hall–Kier alpha value is -4.07. The number of methoxy groups -OCH3 is 2. The maximum Gasteiger partial charge on any atom is 0.273 e. The Labute approximate surface area is 167 Å². The molecule has 0 aliphatic carbocycles. The van der Waals surface area contributed by atoms with Crippen molar-refractivity contribution in [3.63, 3.8) is 0 Å². The fourth-order valence-corrected chi connectivity index (χ4v) is 2.46. The number of hydrazine groups is 1. The van der Waals surface area contributed by atoms with Crippen molar-refractivity contribution in [3.8, 4) is 23.0 Å². The molecule has 148 valence electrons. The number of hydrogen-bond donors (Lipinski definition) is 2. The largest absolute Gasteiger partial charge is 0.497 e. The zero-order valence-electron chi connectivity index (χ0n) is 15.8. The minimum absolute atomic E-state index is 0.230. The van der Waals surface area contributed by atoms with Crippen LogP contribution in [0.3, 0.4) is 0 Å². The van der Waals surface area contributed by atoms with Gasteiger partial charge in [0.1, 0.15) is 23.0 Å². The van der Waals surface area contributed by atoms with Crippen molar-refractivity contribution in [3.05, 3.63) is 78.1 Å². The molecule has 1 aromatic heterocycles. The Morgan fingerprint density at radius 1 is 0.759 bits per heavy atom. The monoisotopic (exact) mass is 393 g/mol. The number of aromatic nitrogens is 1. The van der Waals surface area contributed by atoms with E-state index in [1.165, 1.54) is 20.3 Å². The molecule has 0 unspecified atom stereocenters. The van der Waals surface area contributed by atoms with E-state index >= 15 is 0 Å². The van der Waals surface area contributed by atoms with E-state index in [1.54, 1.807) is 60.9 Å². The van der Waals surface area contributed by atoms with E-state index < -0.39 is 11.8 Å². The van der Waals surface area contributed by atoms with Gasteiger partial charge in [0.2, 0.25) is 0 Å². The summed E-state index contributed by atoms with van der Waals surface area (Å²) in [5.41, 5.74) is 5.32. The van der Waals surface area contributed by atoms with Gasteiger partial charge in [0.15, 0.2) is 0 Å². The van der Waals surface area contributed by atoms with Crippen LogP contribution in [-0.4, -0.2) is 31.0 Å². The number of pyridine rings is 1. The maximum atomic E-state index is 12.4. The first-order valence-corrected chi connectivity index (χ1v) is 8.61. The number of nitrogens with one attached hydrogen (secondary N) is 2. The van der Waals surface area contributed by atoms with Crippen LogP contribution >= 0.6 is 0 Å². The van der Waals surface area contributed by atoms with Crippen LogP contribution in [0.15, 0.2) is 67.0 Å². The summed E-state index contributed by atoms with van der Waals surface area (Å²) in [4.78, 5) is 28.6. The van der Waals surface area contributed by atoms with Crippen LogP contribution in [0.5, 0.6) is 23.0 Å². The van der Waals surface area contributed by atoms with Crippen molar-refractivity contribution in [2.75, 3.05) is 14.2 Å². The van der Waals surface area contributed by atoms with Crippen LogP contribution < -0.4 is 25.1 Å². The summed E-state index contributed by atoms with van der Waals surface area (Å²) >= 11 is 0. The molecular weight excluding hydrogens is 374 g/mol. The van der Waals surface area contributed by atoms with Crippen LogP contribution in [0.4, 0.5) is 0 Å². The second-order valence-electron chi connectivity index (χ2n) is 5.78. The van der Waals surface area contributed by atoms with Crippen molar-refractivity contribution in [1.29, 1.82) is 0 Å². The fourth-order valence-electron chi connectivity index (χ4n) is 2.46. The van der Waals surface area contributed by atoms with Gasteiger partial charge in [-0.3, -0.25) is 25.4 Å². The van der Waals surface area contributed by atoms with Gasteiger partial charge >= 0.3 is 0 Å². The average molecular weight is 393 g/mol. The van der Waals surface area contributed by atoms with Crippen molar-refractivity contribution in [2.24, 2.45) is 0 Å². The number of amides is 2. The highest BCUT2D eigenvalue weighted by Crippen LogP contribution is 2.24. The van der Waals surface area contributed by atoms with Gasteiger partial charge in [-0.25, -0.2) is 0 Å². The molecule has 0 aliphatic rings. The number of carbonyl (C=O) groups excluding carboxylic acids is 2. The van der Waals surface area contributed by atoms with Gasteiger partial charge in [-0.2, -0.15) is 0 Å². The predicted octanol–water partition coefficient (Wildman–Crippen LogP) is 2.97. The van der Waals surface area contributed by atoms with Crippen molar-refractivity contribution < 1.29 is 23.8 Å². The van der Waals surface area contributed by atoms with Crippen LogP contribution in [0.25, 0.3) is 0 Å². The molecule has 0 bridgehead atoms. The van der Waals surface area contributed by atoms with E-state index in [-0.39, 0.29) is 5.56 Å². The molecule has 3 aromatic rings. The van der Waals surface area contributed by atoms with Crippen molar-refractivity contribution in [2.45, 2.75) is 0 Å². The maximum absolute atomic E-state index is 12.4. The van der Waals surface area contributed by atoms with Gasteiger partial charge in [0.05, 0.1) is 19.8 Å². The highest BCUT2D eigenvalue weighted by molar-refractivity contribution is 6.00. The fraction of sp³-hybridized carbons (Fsp3) is 0.0952. The van der Waals surface area contributed by atoms with E-state index in [0.717, 1.165) is 0 Å². The third-order valence-electron chi connectivity index (χ3n) is 3.94. The quantitative estimate of drug-likeness (QED) is 0.625. The molecule has 3 rings (SSSR count).